The smallest absolute Gasteiger partial charge is 0.0570 e. The van der Waals surface area contributed by atoms with Crippen LogP contribution in [-0.2, 0) is 0 Å². The Morgan fingerprint density at radius 2 is 2.00 bits per heavy atom. The van der Waals surface area contributed by atoms with E-state index >= 15 is 0 Å². The molecule has 15 heavy (non-hydrogen) atoms. The van der Waals surface area contributed by atoms with Gasteiger partial charge in [-0.2, -0.15) is 0 Å². The van der Waals surface area contributed by atoms with Crippen molar-refractivity contribution in [1.82, 2.24) is 5.32 Å². The van der Waals surface area contributed by atoms with Crippen LogP contribution in [0.2, 0.25) is 0 Å². The largest absolute Gasteiger partial charge is 0.393 e. The third-order valence-electron chi connectivity index (χ3n) is 2.75. The normalized spacial score (nSPS) is 25.4. The number of hydrogen-bond donors (Lipinski definition) is 2. The highest BCUT2D eigenvalue weighted by atomic mass is 16.3. The Morgan fingerprint density at radius 3 is 2.67 bits per heavy atom. The molecule has 2 heteroatoms. The predicted molar refractivity (Wildman–Crippen MR) is 62.5 cm³/mol. The zero-order chi connectivity index (χ0) is 10.5. The molecule has 1 aliphatic carbocycles. The molecule has 1 aromatic rings. The summed E-state index contributed by atoms with van der Waals surface area (Å²) in [5.74, 6) is 0. The van der Waals surface area contributed by atoms with E-state index in [1.165, 1.54) is 5.56 Å². The minimum absolute atomic E-state index is 0.0689. The van der Waals surface area contributed by atoms with Crippen molar-refractivity contribution in [3.63, 3.8) is 0 Å². The molecule has 0 saturated heterocycles. The molecule has 0 unspecified atom stereocenters. The summed E-state index contributed by atoms with van der Waals surface area (Å²) < 4.78 is 0. The van der Waals surface area contributed by atoms with E-state index in [9.17, 15) is 0 Å². The van der Waals surface area contributed by atoms with Crippen LogP contribution in [0.5, 0.6) is 0 Å². The van der Waals surface area contributed by atoms with Gasteiger partial charge in [-0.3, -0.25) is 0 Å². The first-order valence-corrected chi connectivity index (χ1v) is 5.47. The van der Waals surface area contributed by atoms with E-state index in [2.05, 4.69) is 29.6 Å². The molecule has 1 saturated carbocycles. The minimum Gasteiger partial charge on any atom is -0.393 e. The first-order valence-electron chi connectivity index (χ1n) is 5.47. The summed E-state index contributed by atoms with van der Waals surface area (Å²) in [6.07, 6.45) is 5.97. The molecule has 0 bridgehead atoms. The lowest BCUT2D eigenvalue weighted by atomic mass is 9.89. The topological polar surface area (TPSA) is 32.3 Å². The second-order valence-corrected chi connectivity index (χ2v) is 4.04. The van der Waals surface area contributed by atoms with Crippen molar-refractivity contribution in [2.45, 2.75) is 25.0 Å². The Hall–Kier alpha value is -1.12. The number of hydrogen-bond acceptors (Lipinski definition) is 2. The van der Waals surface area contributed by atoms with Crippen molar-refractivity contribution in [2.75, 3.05) is 6.54 Å². The average Bonchev–Trinajstić information content (AvgIpc) is 2.23. The van der Waals surface area contributed by atoms with Crippen LogP contribution in [-0.4, -0.2) is 23.8 Å². The fourth-order valence-electron chi connectivity index (χ4n) is 1.75. The molecule has 2 rings (SSSR count). The van der Waals surface area contributed by atoms with Gasteiger partial charge in [-0.1, -0.05) is 42.5 Å². The van der Waals surface area contributed by atoms with E-state index in [1.54, 1.807) is 0 Å². The van der Waals surface area contributed by atoms with Crippen molar-refractivity contribution >= 4 is 6.08 Å². The second kappa shape index (κ2) is 5.10. The second-order valence-electron chi connectivity index (χ2n) is 4.04. The lowest BCUT2D eigenvalue weighted by Crippen LogP contribution is -2.44. The van der Waals surface area contributed by atoms with Crippen molar-refractivity contribution in [1.29, 1.82) is 0 Å². The van der Waals surface area contributed by atoms with Crippen LogP contribution < -0.4 is 5.32 Å². The van der Waals surface area contributed by atoms with E-state index in [4.69, 9.17) is 5.11 Å². The molecule has 0 amide bonds. The lowest BCUT2D eigenvalue weighted by molar-refractivity contribution is 0.0641. The summed E-state index contributed by atoms with van der Waals surface area (Å²) in [4.78, 5) is 0. The molecule has 2 nitrogen and oxygen atoms in total. The third kappa shape index (κ3) is 3.18. The maximum atomic E-state index is 9.09. The van der Waals surface area contributed by atoms with Gasteiger partial charge in [-0.25, -0.2) is 0 Å². The molecule has 1 aromatic carbocycles. The van der Waals surface area contributed by atoms with Gasteiger partial charge in [0.15, 0.2) is 0 Å². The van der Waals surface area contributed by atoms with Gasteiger partial charge in [-0.15, -0.1) is 0 Å². The average molecular weight is 203 g/mol. The molecule has 80 valence electrons. The van der Waals surface area contributed by atoms with Crippen LogP contribution in [0.1, 0.15) is 18.4 Å². The molecular formula is C13H17NO. The Balaban J connectivity index is 1.67. The fourth-order valence-corrected chi connectivity index (χ4v) is 1.75. The summed E-state index contributed by atoms with van der Waals surface area (Å²) in [5.41, 5.74) is 1.23. The molecule has 1 aliphatic rings. The first kappa shape index (κ1) is 10.4. The van der Waals surface area contributed by atoms with Gasteiger partial charge in [0.1, 0.15) is 0 Å². The summed E-state index contributed by atoms with van der Waals surface area (Å²) in [7, 11) is 0. The summed E-state index contributed by atoms with van der Waals surface area (Å²) in [5, 5.41) is 12.5. The Kier molecular flexibility index (Phi) is 3.54. The van der Waals surface area contributed by atoms with E-state index < -0.39 is 0 Å². The highest BCUT2D eigenvalue weighted by Gasteiger charge is 2.25. The fraction of sp³-hybridized carbons (Fsp3) is 0.385. The standard InChI is InChI=1S/C13H17NO/c15-13-9-12(10-13)14-8-4-7-11-5-2-1-3-6-11/h1-7,12-15H,8-10H2. The van der Waals surface area contributed by atoms with Crippen molar-refractivity contribution in [2.24, 2.45) is 0 Å². The molecule has 1 fully saturated rings. The predicted octanol–water partition coefficient (Wildman–Crippen LogP) is 1.81. The van der Waals surface area contributed by atoms with Gasteiger partial charge >= 0.3 is 0 Å². The molecular weight excluding hydrogens is 186 g/mol. The maximum Gasteiger partial charge on any atom is 0.0570 e. The molecule has 0 spiro atoms. The van der Waals surface area contributed by atoms with Gasteiger partial charge in [0.25, 0.3) is 0 Å². The van der Waals surface area contributed by atoms with E-state index in [0.29, 0.717) is 6.04 Å². The van der Waals surface area contributed by atoms with Crippen LogP contribution in [0.25, 0.3) is 6.08 Å². The van der Waals surface area contributed by atoms with Crippen molar-refractivity contribution in [3.05, 3.63) is 42.0 Å². The quantitative estimate of drug-likeness (QED) is 0.782. The maximum absolute atomic E-state index is 9.09. The van der Waals surface area contributed by atoms with Crippen LogP contribution in [0.4, 0.5) is 0 Å². The van der Waals surface area contributed by atoms with Crippen LogP contribution >= 0.6 is 0 Å². The van der Waals surface area contributed by atoms with Gasteiger partial charge in [0.2, 0.25) is 0 Å². The first-order chi connectivity index (χ1) is 7.34. The Morgan fingerprint density at radius 1 is 1.27 bits per heavy atom. The van der Waals surface area contributed by atoms with Crippen LogP contribution in [0, 0.1) is 0 Å². The molecule has 0 aromatic heterocycles. The molecule has 0 aliphatic heterocycles. The highest BCUT2D eigenvalue weighted by Crippen LogP contribution is 2.18. The number of benzene rings is 1. The molecule has 2 N–H and O–H groups in total. The monoisotopic (exact) mass is 203 g/mol. The van der Waals surface area contributed by atoms with Gasteiger partial charge in [0.05, 0.1) is 6.10 Å². The number of aliphatic hydroxyl groups is 1. The molecule has 0 heterocycles. The molecule has 0 radical (unpaired) electrons. The van der Waals surface area contributed by atoms with E-state index in [-0.39, 0.29) is 6.10 Å². The summed E-state index contributed by atoms with van der Waals surface area (Å²) >= 11 is 0. The number of rotatable bonds is 4. The Labute approximate surface area is 90.6 Å². The van der Waals surface area contributed by atoms with Gasteiger partial charge in [-0.05, 0) is 18.4 Å². The highest BCUT2D eigenvalue weighted by molar-refractivity contribution is 5.48. The summed E-state index contributed by atoms with van der Waals surface area (Å²) in [6, 6.07) is 10.8. The van der Waals surface area contributed by atoms with Gasteiger partial charge in [0, 0.05) is 12.6 Å². The van der Waals surface area contributed by atoms with Gasteiger partial charge < -0.3 is 10.4 Å². The van der Waals surface area contributed by atoms with Crippen LogP contribution in [0.3, 0.4) is 0 Å². The zero-order valence-electron chi connectivity index (χ0n) is 8.76. The third-order valence-corrected chi connectivity index (χ3v) is 2.75. The summed E-state index contributed by atoms with van der Waals surface area (Å²) in [6.45, 7) is 0.881. The SMILES string of the molecule is OC1CC(NCC=Cc2ccccc2)C1. The van der Waals surface area contributed by atoms with Crippen molar-refractivity contribution in [3.8, 4) is 0 Å². The molecule has 0 atom stereocenters. The minimum atomic E-state index is -0.0689. The number of nitrogens with one attached hydrogen (secondary N) is 1. The van der Waals surface area contributed by atoms with E-state index in [1.807, 2.05) is 18.2 Å². The van der Waals surface area contributed by atoms with E-state index in [0.717, 1.165) is 19.4 Å². The van der Waals surface area contributed by atoms with Crippen LogP contribution in [0.15, 0.2) is 36.4 Å². The number of aliphatic hydroxyl groups excluding tert-OH is 1. The zero-order valence-corrected chi connectivity index (χ0v) is 8.76. The van der Waals surface area contributed by atoms with Crippen molar-refractivity contribution < 1.29 is 5.11 Å². The lowest BCUT2D eigenvalue weighted by Gasteiger charge is -2.31. The Bertz CT molecular complexity index is 315.